The molecule has 0 radical (unpaired) electrons. The van der Waals surface area contributed by atoms with Crippen LogP contribution >= 0.6 is 0 Å². The molecule has 0 atom stereocenters. The van der Waals surface area contributed by atoms with Crippen molar-refractivity contribution in [2.45, 2.75) is 20.4 Å². The van der Waals surface area contributed by atoms with Gasteiger partial charge in [-0.05, 0) is 24.3 Å². The van der Waals surface area contributed by atoms with Crippen molar-refractivity contribution in [2.24, 2.45) is 5.92 Å². The molecule has 1 aromatic carbocycles. The van der Waals surface area contributed by atoms with E-state index in [1.165, 1.54) is 0 Å². The Morgan fingerprint density at radius 1 is 1.33 bits per heavy atom. The second-order valence-corrected chi connectivity index (χ2v) is 5.09. The molecule has 0 saturated heterocycles. The maximum atomic E-state index is 11.6. The molecule has 0 aliphatic rings. The standard InChI is InChI=1S/C16H20N4O/c1-4-20-11-13(10-18-20)9-17-14-5-7-15(8-6-14)19-16(21)12(2)3/h4-8,10-12,17H,1,9H2,2-3H3,(H,19,21). The number of aromatic nitrogens is 2. The predicted molar refractivity (Wildman–Crippen MR) is 85.9 cm³/mol. The third-order valence-corrected chi connectivity index (χ3v) is 3.02. The zero-order valence-electron chi connectivity index (χ0n) is 12.3. The van der Waals surface area contributed by atoms with Crippen molar-refractivity contribution in [2.75, 3.05) is 10.6 Å². The van der Waals surface area contributed by atoms with Crippen LogP contribution in [-0.4, -0.2) is 15.7 Å². The number of nitrogens with zero attached hydrogens (tertiary/aromatic N) is 2. The quantitative estimate of drug-likeness (QED) is 0.856. The van der Waals surface area contributed by atoms with E-state index in [4.69, 9.17) is 0 Å². The molecular weight excluding hydrogens is 264 g/mol. The predicted octanol–water partition coefficient (Wildman–Crippen LogP) is 3.19. The third kappa shape index (κ3) is 4.21. The van der Waals surface area contributed by atoms with Gasteiger partial charge in [0.15, 0.2) is 0 Å². The highest BCUT2D eigenvalue weighted by molar-refractivity contribution is 5.92. The topological polar surface area (TPSA) is 59.0 Å². The summed E-state index contributed by atoms with van der Waals surface area (Å²) in [5.74, 6) is -0.00301. The Morgan fingerprint density at radius 2 is 2.00 bits per heavy atom. The largest absolute Gasteiger partial charge is 0.381 e. The van der Waals surface area contributed by atoms with Crippen LogP contribution in [0.4, 0.5) is 11.4 Å². The fraction of sp³-hybridized carbons (Fsp3) is 0.250. The van der Waals surface area contributed by atoms with Gasteiger partial charge >= 0.3 is 0 Å². The maximum Gasteiger partial charge on any atom is 0.226 e. The second-order valence-electron chi connectivity index (χ2n) is 5.09. The lowest BCUT2D eigenvalue weighted by atomic mass is 10.2. The zero-order chi connectivity index (χ0) is 15.2. The van der Waals surface area contributed by atoms with E-state index in [2.05, 4.69) is 22.3 Å². The Hall–Kier alpha value is -2.56. The molecule has 0 bridgehead atoms. The van der Waals surface area contributed by atoms with Crippen molar-refractivity contribution < 1.29 is 4.79 Å². The smallest absolute Gasteiger partial charge is 0.226 e. The van der Waals surface area contributed by atoms with E-state index in [-0.39, 0.29) is 11.8 Å². The van der Waals surface area contributed by atoms with Crippen molar-refractivity contribution in [1.29, 1.82) is 0 Å². The van der Waals surface area contributed by atoms with Gasteiger partial charge in [0, 0.05) is 41.8 Å². The average molecular weight is 284 g/mol. The van der Waals surface area contributed by atoms with Gasteiger partial charge in [0.05, 0.1) is 6.20 Å². The lowest BCUT2D eigenvalue weighted by molar-refractivity contribution is -0.118. The van der Waals surface area contributed by atoms with Gasteiger partial charge in [-0.15, -0.1) is 0 Å². The molecule has 0 fully saturated rings. The van der Waals surface area contributed by atoms with Gasteiger partial charge in [0.25, 0.3) is 0 Å². The van der Waals surface area contributed by atoms with Crippen LogP contribution in [0, 0.1) is 5.92 Å². The van der Waals surface area contributed by atoms with Crippen LogP contribution in [0.1, 0.15) is 19.4 Å². The molecule has 0 unspecified atom stereocenters. The van der Waals surface area contributed by atoms with Crippen molar-refractivity contribution in [3.63, 3.8) is 0 Å². The summed E-state index contributed by atoms with van der Waals surface area (Å²) in [6.45, 7) is 8.08. The lowest BCUT2D eigenvalue weighted by Crippen LogP contribution is -2.17. The highest BCUT2D eigenvalue weighted by Gasteiger charge is 2.06. The van der Waals surface area contributed by atoms with Gasteiger partial charge in [-0.3, -0.25) is 4.79 Å². The molecule has 2 rings (SSSR count). The first-order valence-electron chi connectivity index (χ1n) is 6.89. The molecule has 0 aliphatic carbocycles. The Kier molecular flexibility index (Phi) is 4.77. The van der Waals surface area contributed by atoms with E-state index in [0.29, 0.717) is 6.54 Å². The summed E-state index contributed by atoms with van der Waals surface area (Å²) in [6.07, 6.45) is 5.36. The van der Waals surface area contributed by atoms with E-state index in [0.717, 1.165) is 16.9 Å². The SMILES string of the molecule is C=Cn1cc(CNc2ccc(NC(=O)C(C)C)cc2)cn1. The summed E-state index contributed by atoms with van der Waals surface area (Å²) >= 11 is 0. The fourth-order valence-corrected chi connectivity index (χ4v) is 1.73. The summed E-state index contributed by atoms with van der Waals surface area (Å²) < 4.78 is 1.67. The van der Waals surface area contributed by atoms with Crippen LogP contribution < -0.4 is 10.6 Å². The number of hydrogen-bond acceptors (Lipinski definition) is 3. The molecule has 2 N–H and O–H groups in total. The zero-order valence-corrected chi connectivity index (χ0v) is 12.3. The number of benzene rings is 1. The highest BCUT2D eigenvalue weighted by atomic mass is 16.1. The monoisotopic (exact) mass is 284 g/mol. The number of nitrogens with one attached hydrogen (secondary N) is 2. The molecule has 0 saturated carbocycles. The molecule has 5 heteroatoms. The Balaban J connectivity index is 1.90. The summed E-state index contributed by atoms with van der Waals surface area (Å²) in [7, 11) is 0. The number of amides is 1. The summed E-state index contributed by atoms with van der Waals surface area (Å²) in [4.78, 5) is 11.6. The summed E-state index contributed by atoms with van der Waals surface area (Å²) in [5, 5.41) is 10.3. The van der Waals surface area contributed by atoms with Crippen LogP contribution in [0.5, 0.6) is 0 Å². The molecule has 5 nitrogen and oxygen atoms in total. The average Bonchev–Trinajstić information content (AvgIpc) is 2.94. The number of rotatable bonds is 6. The van der Waals surface area contributed by atoms with Crippen molar-refractivity contribution in [3.05, 3.63) is 48.8 Å². The number of carbonyl (C=O) groups excluding carboxylic acids is 1. The number of hydrogen-bond donors (Lipinski definition) is 2. The fourth-order valence-electron chi connectivity index (χ4n) is 1.73. The van der Waals surface area contributed by atoms with E-state index in [9.17, 15) is 4.79 Å². The van der Waals surface area contributed by atoms with Gasteiger partial charge in [-0.2, -0.15) is 5.10 Å². The van der Waals surface area contributed by atoms with Gasteiger partial charge in [0.2, 0.25) is 5.91 Å². The number of carbonyl (C=O) groups is 1. The van der Waals surface area contributed by atoms with Crippen LogP contribution in [0.25, 0.3) is 6.20 Å². The van der Waals surface area contributed by atoms with Crippen LogP contribution in [0.15, 0.2) is 43.2 Å². The highest BCUT2D eigenvalue weighted by Crippen LogP contribution is 2.15. The van der Waals surface area contributed by atoms with Gasteiger partial charge < -0.3 is 10.6 Å². The molecule has 0 aliphatic heterocycles. The van der Waals surface area contributed by atoms with Crippen LogP contribution in [0.2, 0.25) is 0 Å². The van der Waals surface area contributed by atoms with Gasteiger partial charge in [-0.1, -0.05) is 20.4 Å². The van der Waals surface area contributed by atoms with E-state index in [1.54, 1.807) is 17.1 Å². The third-order valence-electron chi connectivity index (χ3n) is 3.02. The minimum Gasteiger partial charge on any atom is -0.381 e. The Morgan fingerprint density at radius 3 is 2.57 bits per heavy atom. The minimum atomic E-state index is -0.0239. The van der Waals surface area contributed by atoms with Crippen LogP contribution in [0.3, 0.4) is 0 Å². The molecule has 1 amide bonds. The molecule has 21 heavy (non-hydrogen) atoms. The minimum absolute atomic E-state index is 0.0209. The van der Waals surface area contributed by atoms with Gasteiger partial charge in [-0.25, -0.2) is 4.68 Å². The van der Waals surface area contributed by atoms with E-state index < -0.39 is 0 Å². The second kappa shape index (κ2) is 6.74. The Labute approximate surface area is 124 Å². The van der Waals surface area contributed by atoms with Crippen molar-refractivity contribution in [3.8, 4) is 0 Å². The van der Waals surface area contributed by atoms with Crippen molar-refractivity contribution in [1.82, 2.24) is 9.78 Å². The first-order chi connectivity index (χ1) is 10.1. The molecule has 0 spiro atoms. The molecule has 110 valence electrons. The normalized spacial score (nSPS) is 10.4. The van der Waals surface area contributed by atoms with Gasteiger partial charge in [0.1, 0.15) is 0 Å². The summed E-state index contributed by atoms with van der Waals surface area (Å²) in [6, 6.07) is 7.65. The van der Waals surface area contributed by atoms with E-state index >= 15 is 0 Å². The molecular formula is C16H20N4O. The van der Waals surface area contributed by atoms with Crippen molar-refractivity contribution >= 4 is 23.5 Å². The van der Waals surface area contributed by atoms with E-state index in [1.807, 2.05) is 44.3 Å². The van der Waals surface area contributed by atoms with Crippen LogP contribution in [-0.2, 0) is 11.3 Å². The first-order valence-corrected chi connectivity index (χ1v) is 6.89. The number of anilines is 2. The molecule has 1 heterocycles. The molecule has 2 aromatic rings. The summed E-state index contributed by atoms with van der Waals surface area (Å²) in [5.41, 5.74) is 2.87. The maximum absolute atomic E-state index is 11.6. The Bertz CT molecular complexity index is 613. The first kappa shape index (κ1) is 14.8. The lowest BCUT2D eigenvalue weighted by Gasteiger charge is -2.09. The molecule has 1 aromatic heterocycles.